The second-order valence-electron chi connectivity index (χ2n) is 2.29. The highest BCUT2D eigenvalue weighted by atomic mass is 16.4. The molecule has 0 aliphatic rings. The van der Waals surface area contributed by atoms with Crippen LogP contribution in [-0.4, -0.2) is 23.7 Å². The molecule has 1 aromatic rings. The third-order valence-corrected chi connectivity index (χ3v) is 1.50. The molecule has 0 amide bonds. The monoisotopic (exact) mass is 156 g/mol. The van der Waals surface area contributed by atoms with E-state index in [1.165, 1.54) is 6.26 Å². The van der Waals surface area contributed by atoms with Crippen molar-refractivity contribution in [3.8, 4) is 0 Å². The molecule has 0 aromatic carbocycles. The summed E-state index contributed by atoms with van der Waals surface area (Å²) in [5, 5.41) is 8.66. The topological polar surface area (TPSA) is 49.5 Å². The van der Waals surface area contributed by atoms with Crippen LogP contribution < -0.4 is 4.90 Å². The van der Waals surface area contributed by atoms with Gasteiger partial charge in [-0.25, -0.2) is 0 Å². The normalized spacial score (nSPS) is 10.1. The van der Waals surface area contributed by atoms with Gasteiger partial charge < -0.3 is 14.4 Å². The van der Waals surface area contributed by atoms with Crippen LogP contribution in [0.2, 0.25) is 0 Å². The van der Waals surface area contributed by atoms with Crippen LogP contribution in [0, 0.1) is 0 Å². The summed E-state index contributed by atoms with van der Waals surface area (Å²) < 4.78 is 5.06. The van der Waals surface area contributed by atoms with Gasteiger partial charge in [0.15, 0.2) is 0 Å². The molecule has 0 saturated carbocycles. The maximum absolute atomic E-state index is 8.66. The molecular formula is C7H12N2O2. The van der Waals surface area contributed by atoms with Crippen molar-refractivity contribution in [3.05, 3.63) is 12.0 Å². The first kappa shape index (κ1) is 8.07. The minimum atomic E-state index is -0.0684. The van der Waals surface area contributed by atoms with E-state index in [-0.39, 0.29) is 6.61 Å². The van der Waals surface area contributed by atoms with Crippen molar-refractivity contribution >= 4 is 6.01 Å². The number of hydrogen-bond donors (Lipinski definition) is 1. The van der Waals surface area contributed by atoms with Gasteiger partial charge in [-0.3, -0.25) is 0 Å². The van der Waals surface area contributed by atoms with Crippen LogP contribution in [0.1, 0.15) is 12.6 Å². The lowest BCUT2D eigenvalue weighted by Gasteiger charge is -2.09. The van der Waals surface area contributed by atoms with Gasteiger partial charge in [0.2, 0.25) is 0 Å². The zero-order valence-corrected chi connectivity index (χ0v) is 6.74. The van der Waals surface area contributed by atoms with E-state index in [9.17, 15) is 0 Å². The van der Waals surface area contributed by atoms with Gasteiger partial charge in [0.1, 0.15) is 12.0 Å². The standard InChI is InChI=1S/C7H12N2O2/c1-3-9(2)7-8-6(4-10)5-11-7/h5,10H,3-4H2,1-2H3. The molecule has 0 bridgehead atoms. The maximum Gasteiger partial charge on any atom is 0.297 e. The number of rotatable bonds is 3. The Morgan fingerprint density at radius 3 is 2.91 bits per heavy atom. The highest BCUT2D eigenvalue weighted by Gasteiger charge is 2.05. The van der Waals surface area contributed by atoms with E-state index in [4.69, 9.17) is 9.52 Å². The smallest absolute Gasteiger partial charge is 0.297 e. The second-order valence-corrected chi connectivity index (χ2v) is 2.29. The van der Waals surface area contributed by atoms with E-state index >= 15 is 0 Å². The van der Waals surface area contributed by atoms with E-state index in [2.05, 4.69) is 4.98 Å². The summed E-state index contributed by atoms with van der Waals surface area (Å²) in [5.41, 5.74) is 0.570. The molecule has 4 heteroatoms. The molecule has 0 unspecified atom stereocenters. The van der Waals surface area contributed by atoms with Gasteiger partial charge in [0.05, 0.1) is 6.61 Å². The highest BCUT2D eigenvalue weighted by molar-refractivity contribution is 5.24. The first-order valence-electron chi connectivity index (χ1n) is 3.54. The zero-order chi connectivity index (χ0) is 8.27. The minimum Gasteiger partial charge on any atom is -0.432 e. The lowest BCUT2D eigenvalue weighted by Crippen LogP contribution is -2.15. The van der Waals surface area contributed by atoms with Gasteiger partial charge >= 0.3 is 0 Å². The molecule has 0 spiro atoms. The van der Waals surface area contributed by atoms with Crippen LogP contribution in [-0.2, 0) is 6.61 Å². The average Bonchev–Trinajstić information content (AvgIpc) is 2.50. The molecule has 0 fully saturated rings. The molecule has 11 heavy (non-hydrogen) atoms. The Bertz CT molecular complexity index is 222. The Morgan fingerprint density at radius 1 is 1.73 bits per heavy atom. The largest absolute Gasteiger partial charge is 0.432 e. The van der Waals surface area contributed by atoms with Crippen LogP contribution >= 0.6 is 0 Å². The summed E-state index contributed by atoms with van der Waals surface area (Å²) in [6.07, 6.45) is 1.46. The van der Waals surface area contributed by atoms with Crippen molar-refractivity contribution in [2.45, 2.75) is 13.5 Å². The quantitative estimate of drug-likeness (QED) is 0.697. The fourth-order valence-corrected chi connectivity index (χ4v) is 0.679. The summed E-state index contributed by atoms with van der Waals surface area (Å²) in [4.78, 5) is 5.87. The molecule has 0 atom stereocenters. The van der Waals surface area contributed by atoms with Crippen molar-refractivity contribution in [2.75, 3.05) is 18.5 Å². The Kier molecular flexibility index (Phi) is 2.48. The number of anilines is 1. The molecule has 1 rings (SSSR count). The molecule has 1 heterocycles. The zero-order valence-electron chi connectivity index (χ0n) is 6.74. The minimum absolute atomic E-state index is 0.0684. The van der Waals surface area contributed by atoms with E-state index < -0.39 is 0 Å². The molecule has 4 nitrogen and oxygen atoms in total. The summed E-state index contributed by atoms with van der Waals surface area (Å²) in [7, 11) is 1.88. The Hall–Kier alpha value is -1.03. The van der Waals surface area contributed by atoms with E-state index in [0.717, 1.165) is 6.54 Å². The first-order valence-corrected chi connectivity index (χ1v) is 3.54. The van der Waals surface area contributed by atoms with Crippen LogP contribution in [0.25, 0.3) is 0 Å². The SMILES string of the molecule is CCN(C)c1nc(CO)co1. The fourth-order valence-electron chi connectivity index (χ4n) is 0.679. The van der Waals surface area contributed by atoms with Crippen molar-refractivity contribution in [1.29, 1.82) is 0 Å². The molecule has 0 saturated heterocycles. The first-order chi connectivity index (χ1) is 5.27. The third-order valence-electron chi connectivity index (χ3n) is 1.50. The predicted octanol–water partition coefficient (Wildman–Crippen LogP) is 0.623. The van der Waals surface area contributed by atoms with Gasteiger partial charge in [0.25, 0.3) is 6.01 Å². The Labute approximate surface area is 65.5 Å². The Balaban J connectivity index is 2.71. The highest BCUT2D eigenvalue weighted by Crippen LogP contribution is 2.10. The number of oxazole rings is 1. The lowest BCUT2D eigenvalue weighted by molar-refractivity contribution is 0.276. The van der Waals surface area contributed by atoms with E-state index in [1.807, 2.05) is 18.9 Å². The molecule has 1 N–H and O–H groups in total. The summed E-state index contributed by atoms with van der Waals surface area (Å²) >= 11 is 0. The van der Waals surface area contributed by atoms with Crippen molar-refractivity contribution in [1.82, 2.24) is 4.98 Å². The Morgan fingerprint density at radius 2 is 2.45 bits per heavy atom. The van der Waals surface area contributed by atoms with Crippen LogP contribution in [0.5, 0.6) is 0 Å². The van der Waals surface area contributed by atoms with Gasteiger partial charge in [-0.15, -0.1) is 0 Å². The maximum atomic E-state index is 8.66. The third kappa shape index (κ3) is 1.71. The number of hydrogen-bond acceptors (Lipinski definition) is 4. The molecule has 62 valence electrons. The molecule has 1 aromatic heterocycles. The van der Waals surface area contributed by atoms with Gasteiger partial charge in [0, 0.05) is 13.6 Å². The number of aliphatic hydroxyl groups excluding tert-OH is 1. The van der Waals surface area contributed by atoms with Gasteiger partial charge in [-0.2, -0.15) is 4.98 Å². The molecule has 0 radical (unpaired) electrons. The summed E-state index contributed by atoms with van der Waals surface area (Å²) in [5.74, 6) is 0. The van der Waals surface area contributed by atoms with Crippen LogP contribution in [0.15, 0.2) is 10.7 Å². The summed E-state index contributed by atoms with van der Waals surface area (Å²) in [6.45, 7) is 2.77. The van der Waals surface area contributed by atoms with Gasteiger partial charge in [-0.1, -0.05) is 0 Å². The number of aliphatic hydroxyl groups is 1. The van der Waals surface area contributed by atoms with Crippen molar-refractivity contribution in [3.63, 3.8) is 0 Å². The van der Waals surface area contributed by atoms with Gasteiger partial charge in [-0.05, 0) is 6.92 Å². The van der Waals surface area contributed by atoms with Crippen molar-refractivity contribution < 1.29 is 9.52 Å². The molecule has 0 aliphatic carbocycles. The average molecular weight is 156 g/mol. The number of nitrogens with zero attached hydrogens (tertiary/aromatic N) is 2. The predicted molar refractivity (Wildman–Crippen MR) is 41.4 cm³/mol. The van der Waals surface area contributed by atoms with Crippen LogP contribution in [0.4, 0.5) is 6.01 Å². The molecular weight excluding hydrogens is 144 g/mol. The van der Waals surface area contributed by atoms with E-state index in [0.29, 0.717) is 11.7 Å². The van der Waals surface area contributed by atoms with E-state index in [1.54, 1.807) is 0 Å². The number of aromatic nitrogens is 1. The van der Waals surface area contributed by atoms with Crippen molar-refractivity contribution in [2.24, 2.45) is 0 Å². The lowest BCUT2D eigenvalue weighted by atomic mass is 10.5. The molecule has 0 aliphatic heterocycles. The second kappa shape index (κ2) is 3.39. The fraction of sp³-hybridized carbons (Fsp3) is 0.571. The summed E-state index contributed by atoms with van der Waals surface area (Å²) in [6, 6.07) is 0.552. The van der Waals surface area contributed by atoms with Crippen LogP contribution in [0.3, 0.4) is 0 Å².